The molecule has 3 rings (SSSR count). The van der Waals surface area contributed by atoms with Gasteiger partial charge in [-0.3, -0.25) is 0 Å². The van der Waals surface area contributed by atoms with E-state index < -0.39 is 0 Å². The molecule has 14 heavy (non-hydrogen) atoms. The Morgan fingerprint density at radius 1 is 1.29 bits per heavy atom. The lowest BCUT2D eigenvalue weighted by molar-refractivity contribution is 0.447. The van der Waals surface area contributed by atoms with Gasteiger partial charge in [-0.15, -0.1) is 0 Å². The van der Waals surface area contributed by atoms with Crippen molar-refractivity contribution in [3.63, 3.8) is 0 Å². The van der Waals surface area contributed by atoms with Crippen molar-refractivity contribution >= 4 is 29.1 Å². The summed E-state index contributed by atoms with van der Waals surface area (Å²) in [5.74, 6) is 0.780. The van der Waals surface area contributed by atoms with E-state index in [0.717, 1.165) is 5.82 Å². The predicted molar refractivity (Wildman–Crippen MR) is 57.8 cm³/mol. The standard InChI is InChI=1S/C9H12ClN3S/c1-8(2-3-8)9(4-5-9)11-7-6(10)12-14-13-7/h2-5H2,1H3,(H,11,13). The van der Waals surface area contributed by atoms with Crippen molar-refractivity contribution in [3.05, 3.63) is 5.15 Å². The van der Waals surface area contributed by atoms with E-state index in [1.807, 2.05) is 0 Å². The first-order valence-corrected chi connectivity index (χ1v) is 6.02. The van der Waals surface area contributed by atoms with E-state index in [1.54, 1.807) is 0 Å². The van der Waals surface area contributed by atoms with Gasteiger partial charge in [0, 0.05) is 5.54 Å². The van der Waals surface area contributed by atoms with Gasteiger partial charge >= 0.3 is 0 Å². The van der Waals surface area contributed by atoms with Crippen molar-refractivity contribution in [3.8, 4) is 0 Å². The molecule has 2 fully saturated rings. The van der Waals surface area contributed by atoms with Crippen LogP contribution >= 0.6 is 23.3 Å². The van der Waals surface area contributed by atoms with Gasteiger partial charge in [0.25, 0.3) is 0 Å². The van der Waals surface area contributed by atoms with E-state index >= 15 is 0 Å². The molecule has 2 aliphatic rings. The molecule has 0 bridgehead atoms. The molecule has 1 heterocycles. The molecular weight excluding hydrogens is 218 g/mol. The highest BCUT2D eigenvalue weighted by atomic mass is 35.5. The van der Waals surface area contributed by atoms with Crippen LogP contribution in [0.2, 0.25) is 5.15 Å². The molecule has 5 heteroatoms. The largest absolute Gasteiger partial charge is 0.361 e. The Hall–Kier alpha value is -0.350. The van der Waals surface area contributed by atoms with E-state index in [4.69, 9.17) is 11.6 Å². The molecule has 2 saturated carbocycles. The molecule has 1 N–H and O–H groups in total. The minimum Gasteiger partial charge on any atom is -0.361 e. The molecule has 0 radical (unpaired) electrons. The monoisotopic (exact) mass is 229 g/mol. The molecule has 0 aromatic carbocycles. The molecule has 1 aromatic heterocycles. The van der Waals surface area contributed by atoms with E-state index in [1.165, 1.54) is 37.4 Å². The van der Waals surface area contributed by atoms with Gasteiger partial charge in [-0.1, -0.05) is 18.5 Å². The number of nitrogens with zero attached hydrogens (tertiary/aromatic N) is 2. The third kappa shape index (κ3) is 1.17. The molecule has 2 aliphatic carbocycles. The average molecular weight is 230 g/mol. The topological polar surface area (TPSA) is 37.8 Å². The third-order valence-corrected chi connectivity index (χ3v) is 4.60. The summed E-state index contributed by atoms with van der Waals surface area (Å²) in [6.45, 7) is 2.35. The number of hydrogen-bond acceptors (Lipinski definition) is 4. The predicted octanol–water partition coefficient (Wildman–Crippen LogP) is 2.94. The molecule has 76 valence electrons. The third-order valence-electron chi connectivity index (χ3n) is 3.71. The SMILES string of the molecule is CC1(C2(Nc3nsnc3Cl)CC2)CC1. The van der Waals surface area contributed by atoms with Gasteiger partial charge in [-0.05, 0) is 31.1 Å². The van der Waals surface area contributed by atoms with Gasteiger partial charge in [0.2, 0.25) is 0 Å². The molecule has 1 aromatic rings. The number of rotatable bonds is 3. The number of aromatic nitrogens is 2. The summed E-state index contributed by atoms with van der Waals surface area (Å²) in [5.41, 5.74) is 0.770. The second-order valence-electron chi connectivity index (χ2n) is 4.67. The Balaban J connectivity index is 1.82. The fourth-order valence-electron chi connectivity index (χ4n) is 2.15. The smallest absolute Gasteiger partial charge is 0.186 e. The molecule has 0 unspecified atom stereocenters. The average Bonchev–Trinajstić information content (AvgIpc) is 3.02. The molecular formula is C9H12ClN3S. The molecule has 3 nitrogen and oxygen atoms in total. The van der Waals surface area contributed by atoms with Crippen LogP contribution in [0.15, 0.2) is 0 Å². The summed E-state index contributed by atoms with van der Waals surface area (Å²) in [5, 5.41) is 4.00. The van der Waals surface area contributed by atoms with Crippen molar-refractivity contribution in [1.29, 1.82) is 0 Å². The normalized spacial score (nSPS) is 25.9. The lowest BCUT2D eigenvalue weighted by atomic mass is 9.96. The van der Waals surface area contributed by atoms with Crippen LogP contribution in [-0.2, 0) is 0 Å². The highest BCUT2D eigenvalue weighted by Crippen LogP contribution is 2.65. The van der Waals surface area contributed by atoms with E-state index in [0.29, 0.717) is 10.6 Å². The van der Waals surface area contributed by atoms with Gasteiger partial charge in [0.15, 0.2) is 11.0 Å². The van der Waals surface area contributed by atoms with Crippen LogP contribution in [0.5, 0.6) is 0 Å². The lowest BCUT2D eigenvalue weighted by Gasteiger charge is -2.24. The zero-order valence-corrected chi connectivity index (χ0v) is 9.58. The molecule has 0 amide bonds. The highest BCUT2D eigenvalue weighted by molar-refractivity contribution is 6.99. The van der Waals surface area contributed by atoms with Gasteiger partial charge in [0.1, 0.15) is 0 Å². The Kier molecular flexibility index (Phi) is 1.66. The number of halogens is 1. The van der Waals surface area contributed by atoms with Crippen LogP contribution in [0.3, 0.4) is 0 Å². The van der Waals surface area contributed by atoms with Crippen molar-refractivity contribution in [2.75, 3.05) is 5.32 Å². The van der Waals surface area contributed by atoms with Crippen LogP contribution in [-0.4, -0.2) is 14.3 Å². The molecule has 0 aliphatic heterocycles. The highest BCUT2D eigenvalue weighted by Gasteiger charge is 2.63. The van der Waals surface area contributed by atoms with Gasteiger partial charge in [0.05, 0.1) is 11.7 Å². The van der Waals surface area contributed by atoms with Crippen molar-refractivity contribution in [2.24, 2.45) is 5.41 Å². The van der Waals surface area contributed by atoms with Gasteiger partial charge in [-0.25, -0.2) is 0 Å². The van der Waals surface area contributed by atoms with Gasteiger partial charge < -0.3 is 5.32 Å². The van der Waals surface area contributed by atoms with Crippen LogP contribution < -0.4 is 5.32 Å². The molecule has 0 atom stereocenters. The fourth-order valence-corrected chi connectivity index (χ4v) is 2.79. The van der Waals surface area contributed by atoms with Gasteiger partial charge in [-0.2, -0.15) is 8.75 Å². The minimum absolute atomic E-state index is 0.284. The van der Waals surface area contributed by atoms with E-state index in [-0.39, 0.29) is 5.54 Å². The summed E-state index contributed by atoms with van der Waals surface area (Å²) in [7, 11) is 0. The Labute approximate surface area is 92.2 Å². The number of anilines is 1. The first-order chi connectivity index (χ1) is 6.65. The Morgan fingerprint density at radius 2 is 2.00 bits per heavy atom. The number of nitrogens with one attached hydrogen (secondary N) is 1. The van der Waals surface area contributed by atoms with E-state index in [9.17, 15) is 0 Å². The Morgan fingerprint density at radius 3 is 2.43 bits per heavy atom. The first kappa shape index (κ1) is 8.92. The summed E-state index contributed by atoms with van der Waals surface area (Å²) >= 11 is 7.09. The molecule has 0 saturated heterocycles. The quantitative estimate of drug-likeness (QED) is 0.866. The first-order valence-electron chi connectivity index (χ1n) is 4.92. The summed E-state index contributed by atoms with van der Waals surface area (Å²) in [6.07, 6.45) is 5.15. The molecule has 0 spiro atoms. The minimum atomic E-state index is 0.284. The second kappa shape index (κ2) is 2.61. The zero-order chi connectivity index (χ0) is 9.81. The van der Waals surface area contributed by atoms with Crippen molar-refractivity contribution in [1.82, 2.24) is 8.75 Å². The van der Waals surface area contributed by atoms with Crippen molar-refractivity contribution < 1.29 is 0 Å². The van der Waals surface area contributed by atoms with Crippen LogP contribution in [0.4, 0.5) is 5.82 Å². The van der Waals surface area contributed by atoms with Crippen LogP contribution in [0, 0.1) is 5.41 Å². The Bertz CT molecular complexity index is 368. The maximum absolute atomic E-state index is 5.92. The summed E-state index contributed by atoms with van der Waals surface area (Å²) < 4.78 is 8.13. The zero-order valence-electron chi connectivity index (χ0n) is 8.01. The lowest BCUT2D eigenvalue weighted by Crippen LogP contribution is -2.31. The second-order valence-corrected chi connectivity index (χ2v) is 5.56. The number of hydrogen-bond donors (Lipinski definition) is 1. The fraction of sp³-hybridized carbons (Fsp3) is 0.778. The van der Waals surface area contributed by atoms with Crippen LogP contribution in [0.1, 0.15) is 32.6 Å². The van der Waals surface area contributed by atoms with E-state index in [2.05, 4.69) is 21.0 Å². The summed E-state index contributed by atoms with van der Waals surface area (Å²) in [4.78, 5) is 0. The maximum atomic E-state index is 5.92. The van der Waals surface area contributed by atoms with Crippen LogP contribution in [0.25, 0.3) is 0 Å². The van der Waals surface area contributed by atoms with Crippen molar-refractivity contribution in [2.45, 2.75) is 38.1 Å². The summed E-state index contributed by atoms with van der Waals surface area (Å²) in [6, 6.07) is 0. The maximum Gasteiger partial charge on any atom is 0.186 e.